The second-order valence-corrected chi connectivity index (χ2v) is 5.70. The zero-order chi connectivity index (χ0) is 16.2. The highest BCUT2D eigenvalue weighted by molar-refractivity contribution is 5.89. The molecule has 116 valence electrons. The van der Waals surface area contributed by atoms with Crippen LogP contribution in [0.1, 0.15) is 34.6 Å². The van der Waals surface area contributed by atoms with Crippen molar-refractivity contribution < 1.29 is 19.2 Å². The van der Waals surface area contributed by atoms with Gasteiger partial charge in [-0.05, 0) is 46.8 Å². The maximum atomic E-state index is 11.7. The number of nitrogens with one attached hydrogen (secondary N) is 1. The number of carbonyl (C=O) groups is 1. The van der Waals surface area contributed by atoms with E-state index < -0.39 is 16.6 Å². The standard InChI is InChI=1S/C14H20N2O5/c1-9(2)20-11-8-6-7-10(12(11)16(18)19)15-13(17)21-14(3,4)5/h6-9H,1-5H3,(H,15,17). The molecule has 7 heteroatoms. The van der Waals surface area contributed by atoms with E-state index in [1.807, 2.05) is 0 Å². The van der Waals surface area contributed by atoms with E-state index in [1.165, 1.54) is 12.1 Å². The van der Waals surface area contributed by atoms with Crippen LogP contribution in [0.4, 0.5) is 16.2 Å². The third-order valence-electron chi connectivity index (χ3n) is 2.18. The molecule has 1 N–H and O–H groups in total. The normalized spacial score (nSPS) is 11.1. The van der Waals surface area contributed by atoms with E-state index in [4.69, 9.17) is 9.47 Å². The fraction of sp³-hybridized carbons (Fsp3) is 0.500. The van der Waals surface area contributed by atoms with Gasteiger partial charge in [-0.1, -0.05) is 6.07 Å². The zero-order valence-electron chi connectivity index (χ0n) is 12.8. The molecule has 0 atom stereocenters. The number of carbonyl (C=O) groups excluding carboxylic acids is 1. The van der Waals surface area contributed by atoms with Crippen LogP contribution in [-0.4, -0.2) is 22.7 Å². The number of nitro groups is 1. The van der Waals surface area contributed by atoms with Crippen LogP contribution in [0.25, 0.3) is 0 Å². The summed E-state index contributed by atoms with van der Waals surface area (Å²) in [6.07, 6.45) is -0.979. The molecule has 0 heterocycles. The number of nitrogens with zero attached hydrogens (tertiary/aromatic N) is 1. The van der Waals surface area contributed by atoms with Crippen molar-refractivity contribution in [2.24, 2.45) is 0 Å². The number of nitro benzene ring substituents is 1. The molecule has 1 rings (SSSR count). The van der Waals surface area contributed by atoms with Gasteiger partial charge in [0.25, 0.3) is 0 Å². The molecule has 0 aliphatic carbocycles. The van der Waals surface area contributed by atoms with Crippen molar-refractivity contribution in [2.45, 2.75) is 46.3 Å². The Morgan fingerprint density at radius 1 is 1.33 bits per heavy atom. The Bertz CT molecular complexity index is 535. The molecule has 7 nitrogen and oxygen atoms in total. The predicted molar refractivity (Wildman–Crippen MR) is 78.7 cm³/mol. The Labute approximate surface area is 123 Å². The fourth-order valence-electron chi connectivity index (χ4n) is 1.57. The van der Waals surface area contributed by atoms with Crippen LogP contribution in [0.5, 0.6) is 5.75 Å². The van der Waals surface area contributed by atoms with Gasteiger partial charge in [-0.15, -0.1) is 0 Å². The van der Waals surface area contributed by atoms with Crippen molar-refractivity contribution >= 4 is 17.5 Å². The minimum atomic E-state index is -0.757. The van der Waals surface area contributed by atoms with Gasteiger partial charge in [-0.25, -0.2) is 4.79 Å². The molecule has 1 amide bonds. The highest BCUT2D eigenvalue weighted by atomic mass is 16.6. The number of benzene rings is 1. The van der Waals surface area contributed by atoms with Gasteiger partial charge >= 0.3 is 11.8 Å². The third kappa shape index (κ3) is 5.29. The molecule has 0 aliphatic rings. The summed E-state index contributed by atoms with van der Waals surface area (Å²) < 4.78 is 10.5. The Morgan fingerprint density at radius 2 is 1.95 bits per heavy atom. The molecule has 0 radical (unpaired) electrons. The van der Waals surface area contributed by atoms with E-state index in [2.05, 4.69) is 5.32 Å². The Balaban J connectivity index is 3.07. The lowest BCUT2D eigenvalue weighted by molar-refractivity contribution is -0.385. The molecule has 0 fully saturated rings. The van der Waals surface area contributed by atoms with E-state index in [9.17, 15) is 14.9 Å². The van der Waals surface area contributed by atoms with Gasteiger partial charge in [0.05, 0.1) is 11.0 Å². The molecule has 21 heavy (non-hydrogen) atoms. The molecule has 0 saturated carbocycles. The van der Waals surface area contributed by atoms with Crippen LogP contribution < -0.4 is 10.1 Å². The first-order valence-electron chi connectivity index (χ1n) is 6.54. The molecule has 0 aliphatic heterocycles. The number of anilines is 1. The monoisotopic (exact) mass is 296 g/mol. The molecule has 0 aromatic heterocycles. The van der Waals surface area contributed by atoms with Crippen molar-refractivity contribution in [1.29, 1.82) is 0 Å². The molecule has 1 aromatic rings. The highest BCUT2D eigenvalue weighted by Gasteiger charge is 2.25. The average molecular weight is 296 g/mol. The number of ether oxygens (including phenoxy) is 2. The Hall–Kier alpha value is -2.31. The number of hydrogen-bond acceptors (Lipinski definition) is 5. The van der Waals surface area contributed by atoms with Gasteiger partial charge in [0, 0.05) is 0 Å². The first-order chi connectivity index (χ1) is 9.60. The predicted octanol–water partition coefficient (Wildman–Crippen LogP) is 3.73. The van der Waals surface area contributed by atoms with Crippen molar-refractivity contribution in [1.82, 2.24) is 0 Å². The summed E-state index contributed by atoms with van der Waals surface area (Å²) in [4.78, 5) is 22.4. The minimum Gasteiger partial charge on any atom is -0.484 e. The van der Waals surface area contributed by atoms with Gasteiger partial charge in [-0.3, -0.25) is 15.4 Å². The lowest BCUT2D eigenvalue weighted by atomic mass is 10.2. The van der Waals surface area contributed by atoms with Crippen LogP contribution in [0, 0.1) is 10.1 Å². The SMILES string of the molecule is CC(C)Oc1cccc(NC(=O)OC(C)(C)C)c1[N+](=O)[O-]. The third-order valence-corrected chi connectivity index (χ3v) is 2.18. The second-order valence-electron chi connectivity index (χ2n) is 5.70. The summed E-state index contributed by atoms with van der Waals surface area (Å²) in [7, 11) is 0. The molecular formula is C14H20N2O5. The molecule has 0 unspecified atom stereocenters. The molecular weight excluding hydrogens is 276 g/mol. The minimum absolute atomic E-state index is 0.0346. The van der Waals surface area contributed by atoms with Gasteiger partial charge < -0.3 is 9.47 Å². The number of hydrogen-bond donors (Lipinski definition) is 1. The molecule has 0 saturated heterocycles. The lowest BCUT2D eigenvalue weighted by Crippen LogP contribution is -2.27. The van der Waals surface area contributed by atoms with Crippen molar-refractivity contribution in [3.8, 4) is 5.75 Å². The van der Waals surface area contributed by atoms with Crippen molar-refractivity contribution in [3.63, 3.8) is 0 Å². The zero-order valence-corrected chi connectivity index (χ0v) is 12.8. The smallest absolute Gasteiger partial charge is 0.412 e. The number of rotatable bonds is 4. The first-order valence-corrected chi connectivity index (χ1v) is 6.54. The summed E-state index contributed by atoms with van der Waals surface area (Å²) >= 11 is 0. The number of para-hydroxylation sites is 1. The van der Waals surface area contributed by atoms with E-state index in [0.29, 0.717) is 0 Å². The van der Waals surface area contributed by atoms with Gasteiger partial charge in [-0.2, -0.15) is 0 Å². The molecule has 0 bridgehead atoms. The van der Waals surface area contributed by atoms with E-state index >= 15 is 0 Å². The lowest BCUT2D eigenvalue weighted by Gasteiger charge is -2.20. The van der Waals surface area contributed by atoms with Crippen LogP contribution in [0.15, 0.2) is 18.2 Å². The maximum Gasteiger partial charge on any atom is 0.412 e. The van der Waals surface area contributed by atoms with Gasteiger partial charge in [0.15, 0.2) is 5.75 Å². The van der Waals surface area contributed by atoms with E-state index in [1.54, 1.807) is 40.7 Å². The van der Waals surface area contributed by atoms with Gasteiger partial charge in [0.2, 0.25) is 0 Å². The van der Waals surface area contributed by atoms with Crippen molar-refractivity contribution in [2.75, 3.05) is 5.32 Å². The summed E-state index contributed by atoms with van der Waals surface area (Å²) in [5.74, 6) is 0.101. The van der Waals surface area contributed by atoms with Crippen LogP contribution >= 0.6 is 0 Å². The number of amides is 1. The molecule has 0 spiro atoms. The van der Waals surface area contributed by atoms with Crippen LogP contribution in [-0.2, 0) is 4.74 Å². The summed E-state index contributed by atoms with van der Waals surface area (Å²) in [5.41, 5.74) is -0.949. The van der Waals surface area contributed by atoms with Crippen LogP contribution in [0.2, 0.25) is 0 Å². The first kappa shape index (κ1) is 16.7. The Kier molecular flexibility index (Phi) is 5.12. The largest absolute Gasteiger partial charge is 0.484 e. The molecule has 1 aromatic carbocycles. The Morgan fingerprint density at radius 3 is 2.43 bits per heavy atom. The fourth-order valence-corrected chi connectivity index (χ4v) is 1.57. The summed E-state index contributed by atoms with van der Waals surface area (Å²) in [6.45, 7) is 8.65. The maximum absolute atomic E-state index is 11.7. The topological polar surface area (TPSA) is 90.7 Å². The average Bonchev–Trinajstić information content (AvgIpc) is 2.24. The van der Waals surface area contributed by atoms with E-state index in [0.717, 1.165) is 0 Å². The summed E-state index contributed by atoms with van der Waals surface area (Å²) in [6, 6.07) is 4.48. The second kappa shape index (κ2) is 6.43. The highest BCUT2D eigenvalue weighted by Crippen LogP contribution is 2.35. The quantitative estimate of drug-likeness (QED) is 0.675. The van der Waals surface area contributed by atoms with Gasteiger partial charge in [0.1, 0.15) is 11.3 Å². The van der Waals surface area contributed by atoms with Crippen LogP contribution in [0.3, 0.4) is 0 Å². The van der Waals surface area contributed by atoms with Crippen molar-refractivity contribution in [3.05, 3.63) is 28.3 Å². The van der Waals surface area contributed by atoms with E-state index in [-0.39, 0.29) is 23.2 Å². The summed E-state index contributed by atoms with van der Waals surface area (Å²) in [5, 5.41) is 13.6.